The Morgan fingerprint density at radius 2 is 1.84 bits per heavy atom. The van der Waals surface area contributed by atoms with Crippen molar-refractivity contribution in [2.45, 2.75) is 25.8 Å². The van der Waals surface area contributed by atoms with Crippen molar-refractivity contribution in [1.29, 1.82) is 0 Å². The van der Waals surface area contributed by atoms with Gasteiger partial charge in [0.25, 0.3) is 0 Å². The number of fused-ring (bicyclic) bond motifs is 1. The summed E-state index contributed by atoms with van der Waals surface area (Å²) in [6, 6.07) is 14.3. The minimum atomic E-state index is 0.599. The molecule has 4 aromatic rings. The second-order valence-electron chi connectivity index (χ2n) is 7.93. The maximum absolute atomic E-state index is 6.54. The second-order valence-corrected chi connectivity index (χ2v) is 8.88. The average Bonchev–Trinajstić information content (AvgIpc) is 3.44. The lowest BCUT2D eigenvalue weighted by molar-refractivity contribution is 0.237. The number of nitrogens with two attached hydrogens (primary N) is 1. The van der Waals surface area contributed by atoms with Crippen LogP contribution in [0.3, 0.4) is 0 Å². The van der Waals surface area contributed by atoms with Crippen LogP contribution in [0.4, 0.5) is 11.8 Å². The van der Waals surface area contributed by atoms with Gasteiger partial charge in [0.15, 0.2) is 5.65 Å². The summed E-state index contributed by atoms with van der Waals surface area (Å²) in [5.41, 5.74) is 9.16. The van der Waals surface area contributed by atoms with E-state index < -0.39 is 0 Å². The van der Waals surface area contributed by atoms with Gasteiger partial charge < -0.3 is 16.0 Å². The molecule has 8 heteroatoms. The third-order valence-corrected chi connectivity index (χ3v) is 6.61. The van der Waals surface area contributed by atoms with Gasteiger partial charge in [-0.15, -0.1) is 16.4 Å². The van der Waals surface area contributed by atoms with E-state index in [4.69, 9.17) is 20.8 Å². The van der Waals surface area contributed by atoms with Gasteiger partial charge in [0, 0.05) is 13.1 Å². The van der Waals surface area contributed by atoms with Crippen LogP contribution in [0.25, 0.3) is 21.6 Å². The molecular formula is C23H27N7S. The van der Waals surface area contributed by atoms with E-state index in [2.05, 4.69) is 33.8 Å². The summed E-state index contributed by atoms with van der Waals surface area (Å²) >= 11 is 1.65. The highest BCUT2D eigenvalue weighted by Gasteiger charge is 2.19. The molecule has 0 radical (unpaired) electrons. The number of nitrogens with zero attached hydrogens (tertiary/aromatic N) is 5. The molecule has 1 saturated heterocycles. The van der Waals surface area contributed by atoms with Gasteiger partial charge in [0.1, 0.15) is 5.82 Å². The van der Waals surface area contributed by atoms with Crippen molar-refractivity contribution in [3.8, 4) is 10.6 Å². The number of nitrogen functional groups attached to an aromatic ring is 1. The van der Waals surface area contributed by atoms with Crippen molar-refractivity contribution in [2.75, 3.05) is 37.2 Å². The van der Waals surface area contributed by atoms with E-state index >= 15 is 0 Å². The molecule has 1 fully saturated rings. The van der Waals surface area contributed by atoms with Crippen LogP contribution in [-0.4, -0.2) is 50.8 Å². The van der Waals surface area contributed by atoms with Gasteiger partial charge in [-0.05, 0) is 42.9 Å². The second kappa shape index (κ2) is 9.03. The molecule has 0 aliphatic carbocycles. The van der Waals surface area contributed by atoms with Crippen LogP contribution in [0, 0.1) is 0 Å². The van der Waals surface area contributed by atoms with Crippen molar-refractivity contribution in [3.63, 3.8) is 0 Å². The first-order valence-corrected chi connectivity index (χ1v) is 11.7. The summed E-state index contributed by atoms with van der Waals surface area (Å²) in [5.74, 6) is 1.21. The van der Waals surface area contributed by atoms with E-state index in [1.165, 1.54) is 32.4 Å². The first kappa shape index (κ1) is 20.0. The molecular weight excluding hydrogens is 406 g/mol. The summed E-state index contributed by atoms with van der Waals surface area (Å²) in [5, 5.41) is 11.0. The minimum Gasteiger partial charge on any atom is -0.383 e. The number of benzene rings is 1. The molecule has 1 aromatic carbocycles. The molecule has 5 rings (SSSR count). The molecule has 0 atom stereocenters. The SMILES string of the molecule is Nc1c2c(-c3cccs3)nc(NCCN3CCCCC3)nc2nn1Cc1ccccc1. The largest absolute Gasteiger partial charge is 0.383 e. The van der Waals surface area contributed by atoms with Crippen LogP contribution in [0.2, 0.25) is 0 Å². The van der Waals surface area contributed by atoms with Gasteiger partial charge >= 0.3 is 0 Å². The van der Waals surface area contributed by atoms with Gasteiger partial charge in [-0.1, -0.05) is 42.8 Å². The first-order chi connectivity index (χ1) is 15.3. The zero-order valence-corrected chi connectivity index (χ0v) is 18.3. The third-order valence-electron chi connectivity index (χ3n) is 5.73. The Morgan fingerprint density at radius 1 is 1.00 bits per heavy atom. The molecule has 1 aliphatic heterocycles. The molecule has 7 nitrogen and oxygen atoms in total. The molecule has 0 saturated carbocycles. The smallest absolute Gasteiger partial charge is 0.225 e. The van der Waals surface area contributed by atoms with E-state index in [-0.39, 0.29) is 0 Å². The fraction of sp³-hybridized carbons (Fsp3) is 0.348. The topological polar surface area (TPSA) is 84.9 Å². The third kappa shape index (κ3) is 4.40. The lowest BCUT2D eigenvalue weighted by Gasteiger charge is -2.26. The first-order valence-electron chi connectivity index (χ1n) is 10.9. The number of hydrogen-bond donors (Lipinski definition) is 2. The Balaban J connectivity index is 1.45. The molecule has 3 aromatic heterocycles. The number of nitrogens with one attached hydrogen (secondary N) is 1. The number of anilines is 2. The number of rotatable bonds is 7. The van der Waals surface area contributed by atoms with Crippen molar-refractivity contribution < 1.29 is 0 Å². The van der Waals surface area contributed by atoms with Gasteiger partial charge in [0.05, 0.1) is 22.5 Å². The standard InChI is InChI=1S/C23H27N7S/c24-21-19-20(18-10-7-15-31-18)26-23(25-11-14-29-12-5-2-6-13-29)27-22(19)28-30(21)16-17-8-3-1-4-9-17/h1,3-4,7-10,15H,2,5-6,11-14,16,24H2,(H,25,27,28). The van der Waals surface area contributed by atoms with E-state index in [9.17, 15) is 0 Å². The Kier molecular flexibility index (Phi) is 5.82. The van der Waals surface area contributed by atoms with Crippen LogP contribution in [0.15, 0.2) is 47.8 Å². The predicted molar refractivity (Wildman–Crippen MR) is 127 cm³/mol. The summed E-state index contributed by atoms with van der Waals surface area (Å²) in [7, 11) is 0. The van der Waals surface area contributed by atoms with Crippen LogP contribution in [0.1, 0.15) is 24.8 Å². The highest BCUT2D eigenvalue weighted by molar-refractivity contribution is 7.13. The number of likely N-dealkylation sites (tertiary alicyclic amines) is 1. The lowest BCUT2D eigenvalue weighted by Crippen LogP contribution is -2.33. The van der Waals surface area contributed by atoms with Crippen molar-refractivity contribution in [1.82, 2.24) is 24.6 Å². The molecule has 0 bridgehead atoms. The maximum atomic E-state index is 6.54. The van der Waals surface area contributed by atoms with Crippen molar-refractivity contribution in [2.24, 2.45) is 0 Å². The molecule has 3 N–H and O–H groups in total. The highest BCUT2D eigenvalue weighted by atomic mass is 32.1. The molecule has 160 valence electrons. The number of thiophene rings is 1. The molecule has 31 heavy (non-hydrogen) atoms. The van der Waals surface area contributed by atoms with E-state index in [1.54, 1.807) is 11.3 Å². The monoisotopic (exact) mass is 433 g/mol. The number of piperidine rings is 1. The zero-order valence-electron chi connectivity index (χ0n) is 17.5. The normalized spacial score (nSPS) is 14.8. The van der Waals surface area contributed by atoms with E-state index in [0.717, 1.165) is 34.6 Å². The maximum Gasteiger partial charge on any atom is 0.225 e. The predicted octanol–water partition coefficient (Wildman–Crippen LogP) is 4.08. The van der Waals surface area contributed by atoms with Gasteiger partial charge in [-0.3, -0.25) is 0 Å². The molecule has 4 heterocycles. The summed E-state index contributed by atoms with van der Waals surface area (Å²) in [4.78, 5) is 13.1. The quantitative estimate of drug-likeness (QED) is 0.457. The van der Waals surface area contributed by atoms with E-state index in [0.29, 0.717) is 24.0 Å². The van der Waals surface area contributed by atoms with Crippen LogP contribution in [0.5, 0.6) is 0 Å². The fourth-order valence-corrected chi connectivity index (χ4v) is 4.83. The van der Waals surface area contributed by atoms with Crippen LogP contribution < -0.4 is 11.1 Å². The Morgan fingerprint density at radius 3 is 2.61 bits per heavy atom. The number of hydrogen-bond acceptors (Lipinski definition) is 7. The van der Waals surface area contributed by atoms with E-state index in [1.807, 2.05) is 28.9 Å². The van der Waals surface area contributed by atoms with Crippen LogP contribution in [-0.2, 0) is 6.54 Å². The van der Waals surface area contributed by atoms with Crippen molar-refractivity contribution >= 4 is 34.1 Å². The summed E-state index contributed by atoms with van der Waals surface area (Å²) in [6.07, 6.45) is 3.94. The van der Waals surface area contributed by atoms with Gasteiger partial charge in [-0.25, -0.2) is 9.67 Å². The average molecular weight is 434 g/mol. The Bertz CT molecular complexity index is 1130. The Labute approximate surface area is 185 Å². The number of aromatic nitrogens is 4. The molecule has 0 unspecified atom stereocenters. The fourth-order valence-electron chi connectivity index (χ4n) is 4.11. The summed E-state index contributed by atoms with van der Waals surface area (Å²) < 4.78 is 1.82. The minimum absolute atomic E-state index is 0.599. The van der Waals surface area contributed by atoms with Crippen molar-refractivity contribution in [3.05, 3.63) is 53.4 Å². The zero-order chi connectivity index (χ0) is 21.0. The molecule has 0 amide bonds. The molecule has 1 aliphatic rings. The summed E-state index contributed by atoms with van der Waals surface area (Å²) in [6.45, 7) is 4.78. The molecule has 0 spiro atoms. The highest BCUT2D eigenvalue weighted by Crippen LogP contribution is 2.34. The van der Waals surface area contributed by atoms with Gasteiger partial charge in [0.2, 0.25) is 5.95 Å². The van der Waals surface area contributed by atoms with Crippen LogP contribution >= 0.6 is 11.3 Å². The Hall–Kier alpha value is -2.97. The van der Waals surface area contributed by atoms with Gasteiger partial charge in [-0.2, -0.15) is 4.98 Å². The lowest BCUT2D eigenvalue weighted by atomic mass is 10.1.